The van der Waals surface area contributed by atoms with E-state index in [9.17, 15) is 18.0 Å². The first kappa shape index (κ1) is 17.8. The van der Waals surface area contributed by atoms with E-state index in [1.165, 1.54) is 17.0 Å². The van der Waals surface area contributed by atoms with Crippen molar-refractivity contribution >= 4 is 5.91 Å². The molecule has 128 valence electrons. The average molecular weight is 328 g/mol. The van der Waals surface area contributed by atoms with E-state index in [1.807, 2.05) is 0 Å². The summed E-state index contributed by atoms with van der Waals surface area (Å²) in [6.07, 6.45) is -3.46. The smallest absolute Gasteiger partial charge is 0.341 e. The Morgan fingerprint density at radius 2 is 2.04 bits per heavy atom. The average Bonchev–Trinajstić information content (AvgIpc) is 2.72. The molecule has 1 saturated heterocycles. The van der Waals surface area contributed by atoms with Gasteiger partial charge in [-0.05, 0) is 58.0 Å². The third kappa shape index (κ3) is 3.68. The number of hydrogen-bond donors (Lipinski definition) is 0. The van der Waals surface area contributed by atoms with Crippen molar-refractivity contribution < 1.29 is 18.0 Å². The highest BCUT2D eigenvalue weighted by Crippen LogP contribution is 2.34. The summed E-state index contributed by atoms with van der Waals surface area (Å²) >= 11 is 0. The minimum Gasteiger partial charge on any atom is -0.341 e. The molecule has 0 aliphatic carbocycles. The van der Waals surface area contributed by atoms with Gasteiger partial charge in [-0.25, -0.2) is 0 Å². The van der Waals surface area contributed by atoms with Crippen molar-refractivity contribution in [2.24, 2.45) is 5.92 Å². The maximum absolute atomic E-state index is 12.8. The molecule has 0 aromatic heterocycles. The normalized spacial score (nSPS) is 21.4. The van der Waals surface area contributed by atoms with Crippen molar-refractivity contribution in [3.05, 3.63) is 35.4 Å². The summed E-state index contributed by atoms with van der Waals surface area (Å²) in [6, 6.07) is 4.60. The van der Waals surface area contributed by atoms with Crippen LogP contribution in [0.15, 0.2) is 24.3 Å². The first-order valence-electron chi connectivity index (χ1n) is 7.67. The number of amides is 1. The third-order valence-electron chi connectivity index (χ3n) is 5.07. The molecule has 1 amide bonds. The topological polar surface area (TPSA) is 23.6 Å². The van der Waals surface area contributed by atoms with Gasteiger partial charge in [-0.3, -0.25) is 4.79 Å². The van der Waals surface area contributed by atoms with E-state index in [0.717, 1.165) is 25.1 Å². The lowest BCUT2D eigenvalue weighted by atomic mass is 9.88. The summed E-state index contributed by atoms with van der Waals surface area (Å²) in [7, 11) is 3.70. The molecule has 1 aromatic carbocycles. The SMILES string of the molecule is CN(C[C@H]1CCN(C)C1(C)C)C(=O)c1cccc(C(F)(F)F)c1. The van der Waals surface area contributed by atoms with Crippen LogP contribution < -0.4 is 0 Å². The third-order valence-corrected chi connectivity index (χ3v) is 5.07. The van der Waals surface area contributed by atoms with E-state index >= 15 is 0 Å². The standard InChI is InChI=1S/C17H23F3N2O/c1-16(2)14(8-9-22(16)4)11-21(3)15(23)12-6-5-7-13(10-12)17(18,19)20/h5-7,10,14H,8-9,11H2,1-4H3/t14-/m1/s1. The first-order valence-corrected chi connectivity index (χ1v) is 7.67. The van der Waals surface area contributed by atoms with Gasteiger partial charge in [0.2, 0.25) is 0 Å². The van der Waals surface area contributed by atoms with Crippen molar-refractivity contribution in [2.75, 3.05) is 27.2 Å². The number of hydrogen-bond acceptors (Lipinski definition) is 2. The van der Waals surface area contributed by atoms with Gasteiger partial charge < -0.3 is 9.80 Å². The van der Waals surface area contributed by atoms with Crippen molar-refractivity contribution in [3.63, 3.8) is 0 Å². The lowest BCUT2D eigenvalue weighted by Gasteiger charge is -2.35. The van der Waals surface area contributed by atoms with Crippen LogP contribution in [-0.4, -0.2) is 48.4 Å². The Hall–Kier alpha value is -1.56. The number of carbonyl (C=O) groups is 1. The quantitative estimate of drug-likeness (QED) is 0.848. The molecule has 0 radical (unpaired) electrons. The maximum Gasteiger partial charge on any atom is 0.416 e. The van der Waals surface area contributed by atoms with Gasteiger partial charge in [-0.15, -0.1) is 0 Å². The first-order chi connectivity index (χ1) is 10.5. The van der Waals surface area contributed by atoms with Gasteiger partial charge in [0.05, 0.1) is 5.56 Å². The lowest BCUT2D eigenvalue weighted by molar-refractivity contribution is -0.137. The van der Waals surface area contributed by atoms with Gasteiger partial charge in [0.1, 0.15) is 0 Å². The van der Waals surface area contributed by atoms with Gasteiger partial charge in [0.15, 0.2) is 0 Å². The molecule has 1 fully saturated rings. The summed E-state index contributed by atoms with van der Waals surface area (Å²) < 4.78 is 38.3. The fraction of sp³-hybridized carbons (Fsp3) is 0.588. The fourth-order valence-corrected chi connectivity index (χ4v) is 3.08. The van der Waals surface area contributed by atoms with E-state index in [2.05, 4.69) is 25.8 Å². The van der Waals surface area contributed by atoms with Crippen LogP contribution in [0, 0.1) is 5.92 Å². The van der Waals surface area contributed by atoms with Crippen LogP contribution in [0.1, 0.15) is 36.2 Å². The van der Waals surface area contributed by atoms with E-state index < -0.39 is 11.7 Å². The molecule has 1 aromatic rings. The zero-order chi connectivity index (χ0) is 17.4. The van der Waals surface area contributed by atoms with Crippen molar-refractivity contribution in [1.29, 1.82) is 0 Å². The van der Waals surface area contributed by atoms with E-state index in [1.54, 1.807) is 7.05 Å². The Kier molecular flexibility index (Phi) is 4.76. The van der Waals surface area contributed by atoms with Crippen LogP contribution in [0.25, 0.3) is 0 Å². The van der Waals surface area contributed by atoms with Gasteiger partial charge in [-0.1, -0.05) is 6.07 Å². The second-order valence-corrected chi connectivity index (χ2v) is 6.83. The number of benzene rings is 1. The van der Waals surface area contributed by atoms with Gasteiger partial charge in [0, 0.05) is 24.7 Å². The fourth-order valence-electron chi connectivity index (χ4n) is 3.08. The molecule has 1 atom stereocenters. The Morgan fingerprint density at radius 1 is 1.39 bits per heavy atom. The van der Waals surface area contributed by atoms with Gasteiger partial charge in [-0.2, -0.15) is 13.2 Å². The summed E-state index contributed by atoms with van der Waals surface area (Å²) in [6.45, 7) is 5.76. The van der Waals surface area contributed by atoms with E-state index in [4.69, 9.17) is 0 Å². The molecule has 1 aliphatic rings. The van der Waals surface area contributed by atoms with Crippen molar-refractivity contribution in [1.82, 2.24) is 9.80 Å². The molecule has 1 aliphatic heterocycles. The van der Waals surface area contributed by atoms with Crippen LogP contribution in [-0.2, 0) is 6.18 Å². The molecule has 0 N–H and O–H groups in total. The number of halogens is 3. The van der Waals surface area contributed by atoms with Crippen LogP contribution in [0.3, 0.4) is 0 Å². The van der Waals surface area contributed by atoms with E-state index in [0.29, 0.717) is 12.5 Å². The van der Waals surface area contributed by atoms with Gasteiger partial charge in [0.25, 0.3) is 5.91 Å². The minimum absolute atomic E-state index is 0.0254. The zero-order valence-electron chi connectivity index (χ0n) is 13.9. The predicted octanol–water partition coefficient (Wildman–Crippen LogP) is 3.51. The molecule has 0 unspecified atom stereocenters. The van der Waals surface area contributed by atoms with Crippen LogP contribution >= 0.6 is 0 Å². The zero-order valence-corrected chi connectivity index (χ0v) is 13.9. The number of likely N-dealkylation sites (tertiary alicyclic amines) is 1. The van der Waals surface area contributed by atoms with Crippen LogP contribution in [0.4, 0.5) is 13.2 Å². The molecular weight excluding hydrogens is 305 g/mol. The highest BCUT2D eigenvalue weighted by Gasteiger charge is 2.40. The molecule has 23 heavy (non-hydrogen) atoms. The largest absolute Gasteiger partial charge is 0.416 e. The molecule has 0 saturated carbocycles. The Bertz CT molecular complexity index is 583. The van der Waals surface area contributed by atoms with E-state index in [-0.39, 0.29) is 17.0 Å². The number of rotatable bonds is 3. The number of alkyl halides is 3. The number of carbonyl (C=O) groups excluding carboxylic acids is 1. The monoisotopic (exact) mass is 328 g/mol. The second-order valence-electron chi connectivity index (χ2n) is 6.83. The number of nitrogens with zero attached hydrogens (tertiary/aromatic N) is 2. The second kappa shape index (κ2) is 6.15. The molecule has 1 heterocycles. The molecule has 6 heteroatoms. The highest BCUT2D eigenvalue weighted by molar-refractivity contribution is 5.94. The van der Waals surface area contributed by atoms with Crippen molar-refractivity contribution in [3.8, 4) is 0 Å². The molecule has 0 spiro atoms. The van der Waals surface area contributed by atoms with Crippen LogP contribution in [0.5, 0.6) is 0 Å². The van der Waals surface area contributed by atoms with Crippen molar-refractivity contribution in [2.45, 2.75) is 32.0 Å². The predicted molar refractivity (Wildman–Crippen MR) is 83.2 cm³/mol. The van der Waals surface area contributed by atoms with Gasteiger partial charge >= 0.3 is 6.18 Å². The highest BCUT2D eigenvalue weighted by atomic mass is 19.4. The summed E-state index contributed by atoms with van der Waals surface area (Å²) in [4.78, 5) is 16.2. The Labute approximate surface area is 135 Å². The minimum atomic E-state index is -4.44. The molecular formula is C17H23F3N2O. The lowest BCUT2D eigenvalue weighted by Crippen LogP contribution is -2.44. The molecule has 3 nitrogen and oxygen atoms in total. The summed E-state index contributed by atoms with van der Waals surface area (Å²) in [5, 5.41) is 0. The Balaban J connectivity index is 2.12. The maximum atomic E-state index is 12.8. The van der Waals surface area contributed by atoms with Crippen LogP contribution in [0.2, 0.25) is 0 Å². The summed E-state index contributed by atoms with van der Waals surface area (Å²) in [5.74, 6) is -0.0753. The molecule has 2 rings (SSSR count). The Morgan fingerprint density at radius 3 is 2.57 bits per heavy atom. The molecule has 0 bridgehead atoms. The summed E-state index contributed by atoms with van der Waals surface area (Å²) in [5.41, 5.74) is -0.744.